The van der Waals surface area contributed by atoms with E-state index in [1.165, 1.54) is 5.56 Å². The van der Waals surface area contributed by atoms with Gasteiger partial charge in [-0.05, 0) is 25.5 Å². The normalized spacial score (nSPS) is 19.6. The highest BCUT2D eigenvalue weighted by molar-refractivity contribution is 5.13. The number of aryl methyl sites for hydroxylation is 2. The summed E-state index contributed by atoms with van der Waals surface area (Å²) in [6.45, 7) is 7.33. The number of hydrogen-bond acceptors (Lipinski definition) is 5. The molecule has 0 aromatic carbocycles. The van der Waals surface area contributed by atoms with Crippen molar-refractivity contribution in [2.75, 3.05) is 19.7 Å². The van der Waals surface area contributed by atoms with Gasteiger partial charge in [0.2, 0.25) is 0 Å². The molecular weight excluding hydrogens is 264 g/mol. The molecule has 0 spiro atoms. The number of hydrogen-bond donors (Lipinski definition) is 0. The molecule has 0 aliphatic carbocycles. The minimum atomic E-state index is 0.00487. The first-order valence-electron chi connectivity index (χ1n) is 7.25. The highest BCUT2D eigenvalue weighted by Crippen LogP contribution is 2.21. The van der Waals surface area contributed by atoms with E-state index >= 15 is 0 Å². The van der Waals surface area contributed by atoms with Crippen LogP contribution >= 0.6 is 0 Å². The summed E-state index contributed by atoms with van der Waals surface area (Å²) < 4.78 is 5.83. The molecule has 110 valence electrons. The zero-order valence-corrected chi connectivity index (χ0v) is 12.5. The van der Waals surface area contributed by atoms with Crippen molar-refractivity contribution in [3.63, 3.8) is 0 Å². The third-order valence-corrected chi connectivity index (χ3v) is 3.66. The fourth-order valence-corrected chi connectivity index (χ4v) is 2.44. The maximum absolute atomic E-state index is 5.83. The van der Waals surface area contributed by atoms with Gasteiger partial charge in [0, 0.05) is 37.7 Å². The molecule has 1 aliphatic rings. The summed E-state index contributed by atoms with van der Waals surface area (Å²) in [6, 6.07) is 4.19. The van der Waals surface area contributed by atoms with Crippen molar-refractivity contribution in [1.82, 2.24) is 19.9 Å². The average molecular weight is 284 g/mol. The first-order chi connectivity index (χ1) is 10.2. The van der Waals surface area contributed by atoms with Crippen LogP contribution in [-0.2, 0) is 11.3 Å². The Morgan fingerprint density at radius 2 is 1.95 bits per heavy atom. The van der Waals surface area contributed by atoms with Crippen LogP contribution in [0.2, 0.25) is 0 Å². The smallest absolute Gasteiger partial charge is 0.114 e. The molecule has 5 heteroatoms. The zero-order chi connectivity index (χ0) is 14.7. The molecule has 2 aromatic heterocycles. The van der Waals surface area contributed by atoms with Gasteiger partial charge in [0.05, 0.1) is 24.2 Å². The first-order valence-corrected chi connectivity index (χ1v) is 7.25. The van der Waals surface area contributed by atoms with Crippen molar-refractivity contribution in [1.29, 1.82) is 0 Å². The topological polar surface area (TPSA) is 51.1 Å². The molecule has 0 N–H and O–H groups in total. The van der Waals surface area contributed by atoms with Crippen LogP contribution in [0.25, 0.3) is 0 Å². The standard InChI is InChI=1S/C16H20N4O/c1-12-3-4-14(8-17-12)10-20-5-6-21-16(11-20)15-9-18-13(2)7-19-15/h3-4,7-9,16H,5-6,10-11H2,1-2H3/t16-/m1/s1. The number of pyridine rings is 1. The fraction of sp³-hybridized carbons (Fsp3) is 0.438. The van der Waals surface area contributed by atoms with Gasteiger partial charge < -0.3 is 4.74 Å². The van der Waals surface area contributed by atoms with Gasteiger partial charge in [0.1, 0.15) is 6.10 Å². The molecule has 1 atom stereocenters. The van der Waals surface area contributed by atoms with Gasteiger partial charge >= 0.3 is 0 Å². The summed E-state index contributed by atoms with van der Waals surface area (Å²) in [7, 11) is 0. The Morgan fingerprint density at radius 1 is 1.10 bits per heavy atom. The lowest BCUT2D eigenvalue weighted by atomic mass is 10.2. The molecule has 0 radical (unpaired) electrons. The highest BCUT2D eigenvalue weighted by atomic mass is 16.5. The van der Waals surface area contributed by atoms with Crippen molar-refractivity contribution < 1.29 is 4.74 Å². The quantitative estimate of drug-likeness (QED) is 0.863. The number of aromatic nitrogens is 3. The van der Waals surface area contributed by atoms with Gasteiger partial charge in [-0.3, -0.25) is 19.9 Å². The van der Waals surface area contributed by atoms with E-state index in [1.807, 2.05) is 26.2 Å². The van der Waals surface area contributed by atoms with E-state index in [2.05, 4.69) is 32.0 Å². The van der Waals surface area contributed by atoms with E-state index in [4.69, 9.17) is 4.74 Å². The van der Waals surface area contributed by atoms with Gasteiger partial charge in [0.15, 0.2) is 0 Å². The number of rotatable bonds is 3. The monoisotopic (exact) mass is 284 g/mol. The van der Waals surface area contributed by atoms with Crippen LogP contribution < -0.4 is 0 Å². The lowest BCUT2D eigenvalue weighted by Gasteiger charge is -2.32. The van der Waals surface area contributed by atoms with Crippen LogP contribution in [0.3, 0.4) is 0 Å². The SMILES string of the molecule is Cc1ccc(CN2CCO[C@@H](c3cnc(C)cn3)C2)cn1. The van der Waals surface area contributed by atoms with E-state index in [-0.39, 0.29) is 6.10 Å². The van der Waals surface area contributed by atoms with Crippen LogP contribution in [0.1, 0.15) is 28.7 Å². The second-order valence-electron chi connectivity index (χ2n) is 5.49. The fourth-order valence-electron chi connectivity index (χ4n) is 2.44. The molecular formula is C16H20N4O. The molecule has 0 saturated carbocycles. The molecule has 2 aromatic rings. The van der Waals surface area contributed by atoms with Crippen LogP contribution in [0.4, 0.5) is 0 Å². The Bertz CT molecular complexity index is 582. The van der Waals surface area contributed by atoms with Crippen LogP contribution in [0, 0.1) is 13.8 Å². The molecule has 0 unspecified atom stereocenters. The van der Waals surface area contributed by atoms with Crippen LogP contribution in [0.5, 0.6) is 0 Å². The lowest BCUT2D eigenvalue weighted by Crippen LogP contribution is -2.38. The number of nitrogens with zero attached hydrogens (tertiary/aromatic N) is 4. The molecule has 1 fully saturated rings. The molecule has 3 rings (SSSR count). The lowest BCUT2D eigenvalue weighted by molar-refractivity contribution is -0.0352. The highest BCUT2D eigenvalue weighted by Gasteiger charge is 2.23. The van der Waals surface area contributed by atoms with E-state index in [9.17, 15) is 0 Å². The minimum absolute atomic E-state index is 0.00487. The summed E-state index contributed by atoms with van der Waals surface area (Å²) in [6.07, 6.45) is 5.56. The van der Waals surface area contributed by atoms with E-state index in [0.717, 1.165) is 43.3 Å². The summed E-state index contributed by atoms with van der Waals surface area (Å²) in [5.74, 6) is 0. The Labute approximate surface area is 125 Å². The maximum atomic E-state index is 5.83. The number of morpholine rings is 1. The molecule has 5 nitrogen and oxygen atoms in total. The van der Waals surface area contributed by atoms with Crippen LogP contribution in [-0.4, -0.2) is 39.5 Å². The Hall–Kier alpha value is -1.85. The maximum Gasteiger partial charge on any atom is 0.114 e. The average Bonchev–Trinajstić information content (AvgIpc) is 2.51. The third-order valence-electron chi connectivity index (χ3n) is 3.66. The van der Waals surface area contributed by atoms with E-state index < -0.39 is 0 Å². The van der Waals surface area contributed by atoms with Gasteiger partial charge in [-0.15, -0.1) is 0 Å². The first kappa shape index (κ1) is 14.1. The molecule has 0 bridgehead atoms. The summed E-state index contributed by atoms with van der Waals surface area (Å²) >= 11 is 0. The minimum Gasteiger partial charge on any atom is -0.369 e. The van der Waals surface area contributed by atoms with E-state index in [0.29, 0.717) is 0 Å². The predicted molar refractivity (Wildman–Crippen MR) is 79.7 cm³/mol. The van der Waals surface area contributed by atoms with Crippen molar-refractivity contribution >= 4 is 0 Å². The molecule has 1 saturated heterocycles. The van der Waals surface area contributed by atoms with Crippen molar-refractivity contribution in [2.24, 2.45) is 0 Å². The zero-order valence-electron chi connectivity index (χ0n) is 12.5. The van der Waals surface area contributed by atoms with Gasteiger partial charge in [-0.2, -0.15) is 0 Å². The second kappa shape index (κ2) is 6.28. The van der Waals surface area contributed by atoms with E-state index in [1.54, 1.807) is 6.20 Å². The summed E-state index contributed by atoms with van der Waals surface area (Å²) in [5.41, 5.74) is 4.12. The number of ether oxygens (including phenoxy) is 1. The second-order valence-corrected chi connectivity index (χ2v) is 5.49. The summed E-state index contributed by atoms with van der Waals surface area (Å²) in [5, 5.41) is 0. The summed E-state index contributed by atoms with van der Waals surface area (Å²) in [4.78, 5) is 15.5. The van der Waals surface area contributed by atoms with Crippen LogP contribution in [0.15, 0.2) is 30.7 Å². The Balaban J connectivity index is 1.65. The van der Waals surface area contributed by atoms with Gasteiger partial charge in [-0.1, -0.05) is 6.07 Å². The van der Waals surface area contributed by atoms with Crippen molar-refractivity contribution in [3.8, 4) is 0 Å². The van der Waals surface area contributed by atoms with Gasteiger partial charge in [0.25, 0.3) is 0 Å². The van der Waals surface area contributed by atoms with Crippen molar-refractivity contribution in [2.45, 2.75) is 26.5 Å². The molecule has 1 aliphatic heterocycles. The van der Waals surface area contributed by atoms with Gasteiger partial charge in [-0.25, -0.2) is 0 Å². The third kappa shape index (κ3) is 3.62. The molecule has 3 heterocycles. The predicted octanol–water partition coefficient (Wildman–Crippen LogP) is 2.06. The largest absolute Gasteiger partial charge is 0.369 e. The molecule has 0 amide bonds. The van der Waals surface area contributed by atoms with Crippen molar-refractivity contribution in [3.05, 3.63) is 53.4 Å². The Morgan fingerprint density at radius 3 is 2.67 bits per heavy atom. The molecule has 21 heavy (non-hydrogen) atoms. The Kier molecular flexibility index (Phi) is 4.22.